The predicted molar refractivity (Wildman–Crippen MR) is 149 cm³/mol. The molecule has 1 unspecified atom stereocenters. The Bertz CT molecular complexity index is 1340. The second kappa shape index (κ2) is 10.7. The summed E-state index contributed by atoms with van der Waals surface area (Å²) in [6, 6.07) is 16.2. The van der Waals surface area contributed by atoms with Gasteiger partial charge in [0, 0.05) is 21.8 Å². The van der Waals surface area contributed by atoms with Gasteiger partial charge < -0.3 is 5.32 Å². The summed E-state index contributed by atoms with van der Waals surface area (Å²) in [4.78, 5) is 16.7. The Labute approximate surface area is 225 Å². The van der Waals surface area contributed by atoms with Crippen LogP contribution in [0.2, 0.25) is 10.0 Å². The molecule has 0 spiro atoms. The molecule has 8 heteroatoms. The second-order valence-electron chi connectivity index (χ2n) is 8.90. The lowest BCUT2D eigenvalue weighted by molar-refractivity contribution is -0.114. The number of benzene rings is 2. The lowest BCUT2D eigenvalue weighted by Crippen LogP contribution is -2.40. The van der Waals surface area contributed by atoms with Gasteiger partial charge in [-0.2, -0.15) is 5.10 Å². The van der Waals surface area contributed by atoms with Crippen LogP contribution in [-0.4, -0.2) is 17.1 Å². The first-order valence-electron chi connectivity index (χ1n) is 12.0. The van der Waals surface area contributed by atoms with E-state index < -0.39 is 0 Å². The van der Waals surface area contributed by atoms with Gasteiger partial charge in [-0.05, 0) is 67.5 Å². The molecule has 0 radical (unpaired) electrons. The van der Waals surface area contributed by atoms with Crippen molar-refractivity contribution in [1.82, 2.24) is 10.3 Å². The van der Waals surface area contributed by atoms with Crippen molar-refractivity contribution in [3.05, 3.63) is 98.4 Å². The number of hydrogen-bond acceptors (Lipinski definition) is 5. The standard InChI is InChI=1S/C28H26Cl2N4OS/c1-3-18-8-5-13-31-28(18)36-26(19-11-9-17(2)10-12-19)25-22(29)14-21(15-23(25)30)34-27(20-6-4-7-20)33-24(35)16-32-34/h5,8-16,26H,3-4,6-7H2,1-2H3,(H,33,35). The third-order valence-electron chi connectivity index (χ3n) is 6.45. The Kier molecular flexibility index (Phi) is 7.37. The van der Waals surface area contributed by atoms with Gasteiger partial charge in [-0.1, -0.05) is 77.8 Å². The molecular formula is C28H26Cl2N4OS. The van der Waals surface area contributed by atoms with E-state index in [1.807, 2.05) is 24.4 Å². The van der Waals surface area contributed by atoms with Crippen molar-refractivity contribution in [2.45, 2.75) is 49.8 Å². The third-order valence-corrected chi connectivity index (χ3v) is 8.41. The first-order valence-corrected chi connectivity index (χ1v) is 13.6. The van der Waals surface area contributed by atoms with Gasteiger partial charge in [-0.25, -0.2) is 9.99 Å². The van der Waals surface area contributed by atoms with Crippen molar-refractivity contribution >= 4 is 52.8 Å². The topological polar surface area (TPSA) is 57.6 Å². The Hall–Kier alpha value is -2.80. The molecule has 3 aromatic rings. The summed E-state index contributed by atoms with van der Waals surface area (Å²) in [5.74, 6) is 0.478. The molecule has 5 rings (SSSR count). The van der Waals surface area contributed by atoms with Crippen molar-refractivity contribution < 1.29 is 4.79 Å². The average Bonchev–Trinajstić information content (AvgIpc) is 2.83. The first kappa shape index (κ1) is 24.9. The molecule has 1 aliphatic heterocycles. The lowest BCUT2D eigenvalue weighted by atomic mass is 9.92. The monoisotopic (exact) mass is 536 g/mol. The van der Waals surface area contributed by atoms with Gasteiger partial charge in [0.25, 0.3) is 5.91 Å². The van der Waals surface area contributed by atoms with Gasteiger partial charge in [-0.15, -0.1) is 0 Å². The van der Waals surface area contributed by atoms with Gasteiger partial charge in [0.2, 0.25) is 0 Å². The number of nitrogens with zero attached hydrogens (tertiary/aromatic N) is 3. The van der Waals surface area contributed by atoms with Gasteiger partial charge in [0.1, 0.15) is 17.1 Å². The Balaban J connectivity index is 1.58. The number of anilines is 1. The summed E-state index contributed by atoms with van der Waals surface area (Å²) in [6.45, 7) is 4.20. The zero-order valence-corrected chi connectivity index (χ0v) is 22.4. The maximum Gasteiger partial charge on any atom is 0.269 e. The van der Waals surface area contributed by atoms with Gasteiger partial charge in [0.15, 0.2) is 0 Å². The fraction of sp³-hybridized carbons (Fsp3) is 0.250. The molecule has 1 aromatic heterocycles. The molecule has 184 valence electrons. The van der Waals surface area contributed by atoms with Crippen LogP contribution in [0.4, 0.5) is 5.69 Å². The largest absolute Gasteiger partial charge is 0.306 e. The minimum Gasteiger partial charge on any atom is -0.306 e. The van der Waals surface area contributed by atoms with E-state index in [0.717, 1.165) is 41.8 Å². The van der Waals surface area contributed by atoms with Crippen molar-refractivity contribution in [3.63, 3.8) is 0 Å². The first-order chi connectivity index (χ1) is 17.4. The number of allylic oxidation sites excluding steroid dienone is 1. The number of hydrogen-bond donors (Lipinski definition) is 1. The second-order valence-corrected chi connectivity index (χ2v) is 10.8. The van der Waals surface area contributed by atoms with Crippen LogP contribution in [-0.2, 0) is 11.2 Å². The highest BCUT2D eigenvalue weighted by Gasteiger charge is 2.28. The molecule has 1 aliphatic carbocycles. The molecule has 1 N–H and O–H groups in total. The molecular weight excluding hydrogens is 511 g/mol. The number of halogens is 2. The fourth-order valence-electron chi connectivity index (χ4n) is 4.28. The maximum atomic E-state index is 12.0. The number of thioether (sulfide) groups is 1. The van der Waals surface area contributed by atoms with Crippen LogP contribution in [0.3, 0.4) is 0 Å². The highest BCUT2D eigenvalue weighted by Crippen LogP contribution is 2.48. The van der Waals surface area contributed by atoms with Gasteiger partial charge in [-0.3, -0.25) is 4.79 Å². The molecule has 2 heterocycles. The van der Waals surface area contributed by atoms with Crippen LogP contribution >= 0.6 is 35.0 Å². The minimum atomic E-state index is -0.229. The molecule has 1 amide bonds. The van der Waals surface area contributed by atoms with Gasteiger partial charge in [0.05, 0.1) is 10.9 Å². The Morgan fingerprint density at radius 3 is 2.47 bits per heavy atom. The fourth-order valence-corrected chi connectivity index (χ4v) is 6.48. The van der Waals surface area contributed by atoms with Crippen LogP contribution in [0, 0.1) is 6.92 Å². The summed E-state index contributed by atoms with van der Waals surface area (Å²) in [5.41, 5.74) is 6.16. The Morgan fingerprint density at radius 1 is 1.11 bits per heavy atom. The molecule has 5 nitrogen and oxygen atoms in total. The molecule has 0 saturated heterocycles. The smallest absolute Gasteiger partial charge is 0.269 e. The van der Waals surface area contributed by atoms with E-state index in [1.54, 1.807) is 16.8 Å². The number of aromatic nitrogens is 1. The van der Waals surface area contributed by atoms with Crippen LogP contribution in [0.15, 0.2) is 76.2 Å². The SMILES string of the molecule is CCc1cccnc1SC(c1ccc(C)cc1)c1c(Cl)cc(N2N=CC(=O)NC2=C2CCC2)cc1Cl. The van der Waals surface area contributed by atoms with E-state index in [2.05, 4.69) is 59.6 Å². The molecule has 2 aliphatic rings. The summed E-state index contributed by atoms with van der Waals surface area (Å²) in [7, 11) is 0. The molecule has 1 fully saturated rings. The summed E-state index contributed by atoms with van der Waals surface area (Å²) < 4.78 is 0. The molecule has 36 heavy (non-hydrogen) atoms. The maximum absolute atomic E-state index is 12.0. The third kappa shape index (κ3) is 5.03. The van der Waals surface area contributed by atoms with E-state index in [-0.39, 0.29) is 11.2 Å². The number of hydrazone groups is 1. The quantitative estimate of drug-likeness (QED) is 0.332. The van der Waals surface area contributed by atoms with Crippen LogP contribution in [0.5, 0.6) is 0 Å². The number of nitrogens with one attached hydrogen (secondary N) is 1. The average molecular weight is 538 g/mol. The normalized spacial score (nSPS) is 16.1. The van der Waals surface area contributed by atoms with Gasteiger partial charge >= 0.3 is 0 Å². The number of carbonyl (C=O) groups is 1. The van der Waals surface area contributed by atoms with E-state index in [4.69, 9.17) is 23.2 Å². The summed E-state index contributed by atoms with van der Waals surface area (Å²) in [6.07, 6.45) is 6.96. The highest BCUT2D eigenvalue weighted by molar-refractivity contribution is 7.99. The van der Waals surface area contributed by atoms with E-state index in [1.165, 1.54) is 22.9 Å². The van der Waals surface area contributed by atoms with Crippen molar-refractivity contribution in [3.8, 4) is 0 Å². The zero-order valence-electron chi connectivity index (χ0n) is 20.1. The molecule has 2 aromatic carbocycles. The van der Waals surface area contributed by atoms with Crippen LogP contribution < -0.4 is 10.3 Å². The van der Waals surface area contributed by atoms with Crippen molar-refractivity contribution in [2.75, 3.05) is 5.01 Å². The Morgan fingerprint density at radius 2 is 1.83 bits per heavy atom. The molecule has 0 bridgehead atoms. The van der Waals surface area contributed by atoms with E-state index in [0.29, 0.717) is 21.6 Å². The van der Waals surface area contributed by atoms with Crippen LogP contribution in [0.1, 0.15) is 53.7 Å². The number of aryl methyl sites for hydroxylation is 2. The molecule has 1 atom stereocenters. The molecule has 1 saturated carbocycles. The number of pyridine rings is 1. The van der Waals surface area contributed by atoms with E-state index in [9.17, 15) is 4.79 Å². The number of carbonyl (C=O) groups excluding carboxylic acids is 1. The number of rotatable bonds is 6. The van der Waals surface area contributed by atoms with Crippen molar-refractivity contribution in [1.29, 1.82) is 0 Å². The zero-order chi connectivity index (χ0) is 25.2. The minimum absolute atomic E-state index is 0.158. The van der Waals surface area contributed by atoms with Crippen LogP contribution in [0.25, 0.3) is 0 Å². The summed E-state index contributed by atoms with van der Waals surface area (Å²) >= 11 is 15.6. The van der Waals surface area contributed by atoms with Crippen molar-refractivity contribution in [2.24, 2.45) is 5.10 Å². The predicted octanol–water partition coefficient (Wildman–Crippen LogP) is 7.46. The summed E-state index contributed by atoms with van der Waals surface area (Å²) in [5, 5.41) is 10.9. The van der Waals surface area contributed by atoms with E-state index >= 15 is 0 Å². The number of amides is 1. The highest BCUT2D eigenvalue weighted by atomic mass is 35.5. The lowest BCUT2D eigenvalue weighted by Gasteiger charge is -2.31.